The highest BCUT2D eigenvalue weighted by atomic mass is 127. The zero-order valence-electron chi connectivity index (χ0n) is 13.0. The van der Waals surface area contributed by atoms with Crippen LogP contribution >= 0.6 is 22.6 Å². The average Bonchev–Trinajstić information content (AvgIpc) is 2.48. The molecule has 118 valence electrons. The molecule has 0 radical (unpaired) electrons. The highest BCUT2D eigenvalue weighted by Gasteiger charge is 2.40. The van der Waals surface area contributed by atoms with Gasteiger partial charge in [0.15, 0.2) is 0 Å². The Balaban J connectivity index is 3.05. The van der Waals surface area contributed by atoms with E-state index in [2.05, 4.69) is 22.6 Å². The number of hydrogen-bond donors (Lipinski definition) is 0. The number of esters is 1. The van der Waals surface area contributed by atoms with Crippen molar-refractivity contribution in [3.63, 3.8) is 0 Å². The predicted molar refractivity (Wildman–Crippen MR) is 91.0 cm³/mol. The zero-order valence-corrected chi connectivity index (χ0v) is 15.2. The van der Waals surface area contributed by atoms with E-state index >= 15 is 0 Å². The Bertz CT molecular complexity index is 442. The molecule has 0 saturated heterocycles. The first-order chi connectivity index (χ1) is 9.97. The predicted octanol–water partition coefficient (Wildman–Crippen LogP) is 3.78. The summed E-state index contributed by atoms with van der Waals surface area (Å²) in [7, 11) is 1.63. The third-order valence-electron chi connectivity index (χ3n) is 3.24. The van der Waals surface area contributed by atoms with Crippen molar-refractivity contribution in [2.24, 2.45) is 5.41 Å². The van der Waals surface area contributed by atoms with E-state index in [1.807, 2.05) is 45.0 Å². The molecular weight excluding hydrogens is 383 g/mol. The van der Waals surface area contributed by atoms with Crippen LogP contribution < -0.4 is 4.74 Å². The van der Waals surface area contributed by atoms with Gasteiger partial charge in [0, 0.05) is 4.43 Å². The monoisotopic (exact) mass is 406 g/mol. The second-order valence-electron chi connectivity index (χ2n) is 5.16. The van der Waals surface area contributed by atoms with Gasteiger partial charge in [-0.05, 0) is 38.5 Å². The van der Waals surface area contributed by atoms with Crippen molar-refractivity contribution in [1.82, 2.24) is 0 Å². The Hall–Kier alpha value is -0.820. The van der Waals surface area contributed by atoms with Crippen molar-refractivity contribution in [2.75, 3.05) is 24.8 Å². The molecule has 0 saturated carbocycles. The van der Waals surface area contributed by atoms with Crippen LogP contribution in [0.15, 0.2) is 24.3 Å². The van der Waals surface area contributed by atoms with E-state index < -0.39 is 5.41 Å². The Kier molecular flexibility index (Phi) is 7.45. The van der Waals surface area contributed by atoms with Gasteiger partial charge >= 0.3 is 5.97 Å². The summed E-state index contributed by atoms with van der Waals surface area (Å²) in [6, 6.07) is 7.60. The van der Waals surface area contributed by atoms with Gasteiger partial charge in [-0.3, -0.25) is 4.79 Å². The molecule has 0 aliphatic carbocycles. The molecule has 0 N–H and O–H groups in total. The maximum Gasteiger partial charge on any atom is 0.314 e. The van der Waals surface area contributed by atoms with Gasteiger partial charge in [-0.15, -0.1) is 0 Å². The van der Waals surface area contributed by atoms with Crippen LogP contribution in [0.5, 0.6) is 5.75 Å². The summed E-state index contributed by atoms with van der Waals surface area (Å²) < 4.78 is 17.2. The summed E-state index contributed by atoms with van der Waals surface area (Å²) in [6.45, 7) is 6.46. The minimum absolute atomic E-state index is 0.251. The molecule has 1 aromatic carbocycles. The molecule has 0 heterocycles. The molecule has 0 fully saturated rings. The SMILES string of the molecule is CCOC(=O)C(C)(C)[C@@H](OCCI)c1ccc(OC)cc1. The minimum Gasteiger partial charge on any atom is -0.497 e. The Morgan fingerprint density at radius 3 is 2.38 bits per heavy atom. The summed E-state index contributed by atoms with van der Waals surface area (Å²) in [5.74, 6) is 0.527. The maximum absolute atomic E-state index is 12.2. The second-order valence-corrected chi connectivity index (χ2v) is 6.23. The number of ether oxygens (including phenoxy) is 3. The lowest BCUT2D eigenvalue weighted by molar-refractivity contribution is -0.163. The van der Waals surface area contributed by atoms with Crippen molar-refractivity contribution >= 4 is 28.6 Å². The number of hydrogen-bond acceptors (Lipinski definition) is 4. The van der Waals surface area contributed by atoms with E-state index in [1.165, 1.54) is 0 Å². The molecular formula is C16H23IO4. The van der Waals surface area contributed by atoms with Crippen molar-refractivity contribution < 1.29 is 19.0 Å². The number of carbonyl (C=O) groups is 1. The minimum atomic E-state index is -0.754. The molecule has 5 heteroatoms. The Morgan fingerprint density at radius 1 is 1.29 bits per heavy atom. The molecule has 0 bridgehead atoms. The normalized spacial score (nSPS) is 12.8. The fraction of sp³-hybridized carbons (Fsp3) is 0.562. The van der Waals surface area contributed by atoms with E-state index in [-0.39, 0.29) is 12.1 Å². The lowest BCUT2D eigenvalue weighted by atomic mass is 9.82. The number of rotatable bonds is 8. The number of alkyl halides is 1. The summed E-state index contributed by atoms with van der Waals surface area (Å²) in [5, 5.41) is 0. The largest absolute Gasteiger partial charge is 0.497 e. The van der Waals surface area contributed by atoms with Crippen LogP contribution in [0, 0.1) is 5.41 Å². The molecule has 0 amide bonds. The van der Waals surface area contributed by atoms with Crippen LogP contribution in [-0.2, 0) is 14.3 Å². The summed E-state index contributed by atoms with van der Waals surface area (Å²) in [4.78, 5) is 12.2. The average molecular weight is 406 g/mol. The van der Waals surface area contributed by atoms with Gasteiger partial charge in [0.05, 0.1) is 31.8 Å². The van der Waals surface area contributed by atoms with Crippen LogP contribution in [0.25, 0.3) is 0 Å². The van der Waals surface area contributed by atoms with E-state index in [4.69, 9.17) is 14.2 Å². The molecule has 4 nitrogen and oxygen atoms in total. The van der Waals surface area contributed by atoms with Gasteiger partial charge in [0.25, 0.3) is 0 Å². The third-order valence-corrected chi connectivity index (χ3v) is 3.68. The molecule has 0 unspecified atom stereocenters. The van der Waals surface area contributed by atoms with Gasteiger partial charge in [-0.1, -0.05) is 34.7 Å². The number of halogens is 1. The zero-order chi connectivity index (χ0) is 15.9. The first-order valence-corrected chi connectivity index (χ1v) is 8.48. The maximum atomic E-state index is 12.2. The Morgan fingerprint density at radius 2 is 1.90 bits per heavy atom. The van der Waals surface area contributed by atoms with Crippen LogP contribution in [-0.4, -0.2) is 30.7 Å². The molecule has 1 rings (SSSR count). The van der Waals surface area contributed by atoms with E-state index in [0.717, 1.165) is 15.7 Å². The van der Waals surface area contributed by atoms with Gasteiger partial charge in [0.2, 0.25) is 0 Å². The van der Waals surface area contributed by atoms with Gasteiger partial charge in [-0.2, -0.15) is 0 Å². The van der Waals surface area contributed by atoms with Crippen molar-refractivity contribution in [2.45, 2.75) is 26.9 Å². The molecule has 0 aliphatic rings. The van der Waals surface area contributed by atoms with Crippen LogP contribution in [0.2, 0.25) is 0 Å². The highest BCUT2D eigenvalue weighted by molar-refractivity contribution is 14.1. The van der Waals surface area contributed by atoms with Gasteiger partial charge in [0.1, 0.15) is 5.75 Å². The summed E-state index contributed by atoms with van der Waals surface area (Å²) in [5.41, 5.74) is 0.190. The topological polar surface area (TPSA) is 44.8 Å². The van der Waals surface area contributed by atoms with Crippen LogP contribution in [0.3, 0.4) is 0 Å². The molecule has 0 aliphatic heterocycles. The van der Waals surface area contributed by atoms with Crippen molar-refractivity contribution in [3.8, 4) is 5.75 Å². The van der Waals surface area contributed by atoms with Crippen LogP contribution in [0.4, 0.5) is 0 Å². The Labute approximate surface area is 140 Å². The summed E-state index contributed by atoms with van der Waals surface area (Å²) >= 11 is 2.25. The molecule has 1 aromatic rings. The fourth-order valence-electron chi connectivity index (χ4n) is 2.09. The van der Waals surface area contributed by atoms with Crippen molar-refractivity contribution in [1.29, 1.82) is 0 Å². The van der Waals surface area contributed by atoms with Crippen LogP contribution in [0.1, 0.15) is 32.4 Å². The smallest absolute Gasteiger partial charge is 0.314 e. The number of benzene rings is 1. The highest BCUT2D eigenvalue weighted by Crippen LogP contribution is 2.38. The third kappa shape index (κ3) is 4.85. The number of carbonyl (C=O) groups excluding carboxylic acids is 1. The van der Waals surface area contributed by atoms with E-state index in [9.17, 15) is 4.79 Å². The van der Waals surface area contributed by atoms with Crippen molar-refractivity contribution in [3.05, 3.63) is 29.8 Å². The lowest BCUT2D eigenvalue weighted by Crippen LogP contribution is -2.35. The van der Waals surface area contributed by atoms with Gasteiger partial charge < -0.3 is 14.2 Å². The second kappa shape index (κ2) is 8.58. The lowest BCUT2D eigenvalue weighted by Gasteiger charge is -2.32. The van der Waals surface area contributed by atoms with Gasteiger partial charge in [-0.25, -0.2) is 0 Å². The van der Waals surface area contributed by atoms with E-state index in [0.29, 0.717) is 13.2 Å². The molecule has 0 spiro atoms. The first kappa shape index (κ1) is 18.2. The molecule has 1 atom stereocenters. The fourth-order valence-corrected chi connectivity index (χ4v) is 2.34. The number of methoxy groups -OCH3 is 1. The molecule has 0 aromatic heterocycles. The first-order valence-electron chi connectivity index (χ1n) is 6.96. The molecule has 21 heavy (non-hydrogen) atoms. The quantitative estimate of drug-likeness (QED) is 0.375. The van der Waals surface area contributed by atoms with E-state index in [1.54, 1.807) is 7.11 Å². The standard InChI is InChI=1S/C16H23IO4/c1-5-20-15(18)16(2,3)14(21-11-10-17)12-6-8-13(19-4)9-7-12/h6-9,14H,5,10-11H2,1-4H3/t14-/m0/s1. The summed E-state index contributed by atoms with van der Waals surface area (Å²) in [6.07, 6.45) is -0.350.